The molecule has 7 nitrogen and oxygen atoms in total. The van der Waals surface area contributed by atoms with E-state index in [4.69, 9.17) is 9.47 Å². The Morgan fingerprint density at radius 3 is 2.84 bits per heavy atom. The number of hydrogen-bond donors (Lipinski definition) is 1. The Kier molecular flexibility index (Phi) is 4.49. The number of methoxy groups -OCH3 is 2. The topological polar surface area (TPSA) is 86.5 Å². The Balaban J connectivity index is 2.31. The molecule has 1 heterocycles. The van der Waals surface area contributed by atoms with Crippen molar-refractivity contribution in [2.24, 2.45) is 0 Å². The molecular formula is C12H19N3O4. The fraction of sp³-hybridized carbons (Fsp3) is 0.750. The van der Waals surface area contributed by atoms with Crippen LogP contribution in [0.1, 0.15) is 41.5 Å². The minimum absolute atomic E-state index is 0.113. The number of carbonyl (C=O) groups excluding carboxylic acids is 1. The molecule has 1 fully saturated rings. The highest BCUT2D eigenvalue weighted by molar-refractivity contribution is 5.88. The zero-order valence-corrected chi connectivity index (χ0v) is 11.2. The lowest BCUT2D eigenvalue weighted by atomic mass is 10.2. The fourth-order valence-corrected chi connectivity index (χ4v) is 2.47. The van der Waals surface area contributed by atoms with Gasteiger partial charge in [0.2, 0.25) is 0 Å². The van der Waals surface area contributed by atoms with Crippen LogP contribution in [-0.2, 0) is 15.9 Å². The van der Waals surface area contributed by atoms with Gasteiger partial charge < -0.3 is 14.6 Å². The maximum atomic E-state index is 11.7. The Morgan fingerprint density at radius 1 is 1.47 bits per heavy atom. The Morgan fingerprint density at radius 2 is 2.26 bits per heavy atom. The second-order valence-corrected chi connectivity index (χ2v) is 4.63. The number of hydrogen-bond acceptors (Lipinski definition) is 6. The standard InChI is InChI=1S/C12H19N3O4/c1-18-7-6-9-11(12(17)19-2)13-14-15(9)8-4-3-5-10(8)16/h8,10,16H,3-7H2,1-2H3. The zero-order valence-electron chi connectivity index (χ0n) is 11.2. The summed E-state index contributed by atoms with van der Waals surface area (Å²) in [5.74, 6) is -0.509. The predicted molar refractivity (Wildman–Crippen MR) is 65.8 cm³/mol. The molecule has 1 aromatic heterocycles. The van der Waals surface area contributed by atoms with Crippen molar-refractivity contribution in [3.63, 3.8) is 0 Å². The van der Waals surface area contributed by atoms with Crippen LogP contribution in [0.5, 0.6) is 0 Å². The minimum atomic E-state index is -0.509. The normalized spacial score (nSPS) is 22.7. The van der Waals surface area contributed by atoms with Gasteiger partial charge in [0.05, 0.1) is 31.6 Å². The van der Waals surface area contributed by atoms with Gasteiger partial charge in [0.25, 0.3) is 0 Å². The fourth-order valence-electron chi connectivity index (χ4n) is 2.47. The number of aromatic nitrogens is 3. The summed E-state index contributed by atoms with van der Waals surface area (Å²) in [7, 11) is 2.90. The summed E-state index contributed by atoms with van der Waals surface area (Å²) in [4.78, 5) is 11.7. The maximum Gasteiger partial charge on any atom is 0.360 e. The third kappa shape index (κ3) is 2.76. The summed E-state index contributed by atoms with van der Waals surface area (Å²) in [5.41, 5.74) is 0.873. The van der Waals surface area contributed by atoms with E-state index < -0.39 is 12.1 Å². The molecule has 0 amide bonds. The molecule has 106 valence electrons. The van der Waals surface area contributed by atoms with Gasteiger partial charge in [0.1, 0.15) is 0 Å². The molecule has 0 bridgehead atoms. The lowest BCUT2D eigenvalue weighted by molar-refractivity contribution is 0.0591. The largest absolute Gasteiger partial charge is 0.464 e. The first kappa shape index (κ1) is 14.0. The molecule has 19 heavy (non-hydrogen) atoms. The van der Waals surface area contributed by atoms with E-state index in [1.807, 2.05) is 0 Å². The highest BCUT2D eigenvalue weighted by atomic mass is 16.5. The molecule has 1 aromatic rings. The van der Waals surface area contributed by atoms with Crippen LogP contribution in [0.15, 0.2) is 0 Å². The van der Waals surface area contributed by atoms with Gasteiger partial charge in [-0.25, -0.2) is 9.48 Å². The SMILES string of the molecule is COCCc1c(C(=O)OC)nnn1C1CCCC1O. The monoisotopic (exact) mass is 269 g/mol. The molecule has 0 aliphatic heterocycles. The van der Waals surface area contributed by atoms with Crippen LogP contribution in [0.2, 0.25) is 0 Å². The average molecular weight is 269 g/mol. The van der Waals surface area contributed by atoms with Crippen molar-refractivity contribution >= 4 is 5.97 Å². The molecule has 0 aromatic carbocycles. The highest BCUT2D eigenvalue weighted by Gasteiger charge is 2.31. The number of carbonyl (C=O) groups is 1. The smallest absolute Gasteiger partial charge is 0.360 e. The summed E-state index contributed by atoms with van der Waals surface area (Å²) in [6.07, 6.45) is 2.61. The molecule has 1 N–H and O–H groups in total. The Labute approximate surface area is 111 Å². The highest BCUT2D eigenvalue weighted by Crippen LogP contribution is 2.31. The molecule has 0 spiro atoms. The van der Waals surface area contributed by atoms with Gasteiger partial charge >= 0.3 is 5.97 Å². The molecule has 2 unspecified atom stereocenters. The summed E-state index contributed by atoms with van der Waals surface area (Å²) < 4.78 is 11.4. The van der Waals surface area contributed by atoms with Crippen LogP contribution in [0.3, 0.4) is 0 Å². The summed E-state index contributed by atoms with van der Waals surface area (Å²) in [5, 5.41) is 17.9. The molecule has 1 saturated carbocycles. The minimum Gasteiger partial charge on any atom is -0.464 e. The lowest BCUT2D eigenvalue weighted by Crippen LogP contribution is -2.22. The number of esters is 1. The average Bonchev–Trinajstić information content (AvgIpc) is 3.01. The van der Waals surface area contributed by atoms with E-state index >= 15 is 0 Å². The van der Waals surface area contributed by atoms with Crippen molar-refractivity contribution in [3.05, 3.63) is 11.4 Å². The van der Waals surface area contributed by atoms with Crippen LogP contribution in [0, 0.1) is 0 Å². The Hall–Kier alpha value is -1.47. The number of aliphatic hydroxyl groups is 1. The van der Waals surface area contributed by atoms with Crippen molar-refractivity contribution in [1.82, 2.24) is 15.0 Å². The number of aliphatic hydroxyl groups excluding tert-OH is 1. The molecular weight excluding hydrogens is 250 g/mol. The zero-order chi connectivity index (χ0) is 13.8. The van der Waals surface area contributed by atoms with Crippen molar-refractivity contribution < 1.29 is 19.4 Å². The van der Waals surface area contributed by atoms with E-state index in [2.05, 4.69) is 10.3 Å². The first-order chi connectivity index (χ1) is 9.19. The first-order valence-corrected chi connectivity index (χ1v) is 6.38. The summed E-state index contributed by atoms with van der Waals surface area (Å²) in [6.45, 7) is 0.459. The molecule has 2 atom stereocenters. The molecule has 1 aliphatic rings. The number of rotatable bonds is 5. The third-order valence-electron chi connectivity index (χ3n) is 3.47. The molecule has 2 rings (SSSR count). The van der Waals surface area contributed by atoms with Gasteiger partial charge in [0, 0.05) is 13.5 Å². The van der Waals surface area contributed by atoms with E-state index in [9.17, 15) is 9.90 Å². The van der Waals surface area contributed by atoms with Crippen molar-refractivity contribution in [3.8, 4) is 0 Å². The van der Waals surface area contributed by atoms with Crippen LogP contribution in [0.4, 0.5) is 0 Å². The van der Waals surface area contributed by atoms with E-state index in [0.29, 0.717) is 18.7 Å². The second kappa shape index (κ2) is 6.12. The molecule has 1 aliphatic carbocycles. The van der Waals surface area contributed by atoms with E-state index in [-0.39, 0.29) is 11.7 Å². The van der Waals surface area contributed by atoms with Gasteiger partial charge in [-0.1, -0.05) is 5.21 Å². The van der Waals surface area contributed by atoms with Crippen LogP contribution >= 0.6 is 0 Å². The van der Waals surface area contributed by atoms with Crippen LogP contribution in [0.25, 0.3) is 0 Å². The van der Waals surface area contributed by atoms with Gasteiger partial charge in [-0.2, -0.15) is 0 Å². The summed E-state index contributed by atoms with van der Waals surface area (Å²) >= 11 is 0. The lowest BCUT2D eigenvalue weighted by Gasteiger charge is -2.17. The van der Waals surface area contributed by atoms with Gasteiger partial charge in [-0.05, 0) is 19.3 Å². The van der Waals surface area contributed by atoms with Gasteiger partial charge in [0.15, 0.2) is 5.69 Å². The van der Waals surface area contributed by atoms with Crippen molar-refractivity contribution in [2.75, 3.05) is 20.8 Å². The number of nitrogens with zero attached hydrogens (tertiary/aromatic N) is 3. The molecule has 0 radical (unpaired) electrons. The Bertz CT molecular complexity index is 446. The van der Waals surface area contributed by atoms with E-state index in [1.54, 1.807) is 11.8 Å². The van der Waals surface area contributed by atoms with Crippen molar-refractivity contribution in [2.45, 2.75) is 37.8 Å². The number of ether oxygens (including phenoxy) is 2. The first-order valence-electron chi connectivity index (χ1n) is 6.38. The van der Waals surface area contributed by atoms with Crippen LogP contribution < -0.4 is 0 Å². The van der Waals surface area contributed by atoms with Gasteiger partial charge in [-0.15, -0.1) is 5.10 Å². The molecule has 0 saturated heterocycles. The molecule has 7 heteroatoms. The van der Waals surface area contributed by atoms with E-state index in [0.717, 1.165) is 19.3 Å². The van der Waals surface area contributed by atoms with Crippen molar-refractivity contribution in [1.29, 1.82) is 0 Å². The van der Waals surface area contributed by atoms with E-state index in [1.165, 1.54) is 7.11 Å². The maximum absolute atomic E-state index is 11.7. The van der Waals surface area contributed by atoms with Crippen LogP contribution in [-0.4, -0.2) is 53.0 Å². The third-order valence-corrected chi connectivity index (χ3v) is 3.47. The quantitative estimate of drug-likeness (QED) is 0.776. The van der Waals surface area contributed by atoms with Gasteiger partial charge in [-0.3, -0.25) is 0 Å². The summed E-state index contributed by atoms with van der Waals surface area (Å²) in [6, 6.07) is -0.113. The second-order valence-electron chi connectivity index (χ2n) is 4.63. The predicted octanol–water partition coefficient (Wildman–Crippen LogP) is 0.339.